The van der Waals surface area contributed by atoms with Crippen LogP contribution in [-0.4, -0.2) is 16.5 Å². The Balaban J connectivity index is 2.19. The molecule has 0 atom stereocenters. The average Bonchev–Trinajstić information content (AvgIpc) is 2.40. The first-order valence-corrected chi connectivity index (χ1v) is 6.84. The average molecular weight is 255 g/mol. The maximum absolute atomic E-state index is 4.33. The summed E-state index contributed by atoms with van der Waals surface area (Å²) in [5.41, 5.74) is 3.47. The van der Waals surface area contributed by atoms with Gasteiger partial charge in [0.15, 0.2) is 0 Å². The lowest BCUT2D eigenvalue weighted by Gasteiger charge is -2.07. The SMILES string of the molecule is CCNc1cc(-c2ccc(CC(C)C)cc2)ncn1. The second kappa shape index (κ2) is 6.32. The third kappa shape index (κ3) is 3.78. The molecule has 0 aliphatic heterocycles. The number of anilines is 1. The van der Waals surface area contributed by atoms with Gasteiger partial charge in [-0.3, -0.25) is 0 Å². The van der Waals surface area contributed by atoms with Crippen LogP contribution >= 0.6 is 0 Å². The van der Waals surface area contributed by atoms with E-state index in [4.69, 9.17) is 0 Å². The number of nitrogens with zero attached hydrogens (tertiary/aromatic N) is 2. The molecule has 0 unspecified atom stereocenters. The maximum Gasteiger partial charge on any atom is 0.129 e. The van der Waals surface area contributed by atoms with Crippen molar-refractivity contribution in [2.45, 2.75) is 27.2 Å². The number of benzene rings is 1. The lowest BCUT2D eigenvalue weighted by molar-refractivity contribution is 0.647. The molecule has 0 aliphatic rings. The quantitative estimate of drug-likeness (QED) is 0.883. The van der Waals surface area contributed by atoms with Gasteiger partial charge < -0.3 is 5.32 Å². The molecular weight excluding hydrogens is 234 g/mol. The molecule has 0 spiro atoms. The van der Waals surface area contributed by atoms with Gasteiger partial charge >= 0.3 is 0 Å². The Bertz CT molecular complexity index is 518. The second-order valence-corrected chi connectivity index (χ2v) is 5.11. The van der Waals surface area contributed by atoms with Crippen LogP contribution in [0.5, 0.6) is 0 Å². The summed E-state index contributed by atoms with van der Waals surface area (Å²) >= 11 is 0. The number of hydrogen-bond acceptors (Lipinski definition) is 3. The highest BCUT2D eigenvalue weighted by Crippen LogP contribution is 2.20. The summed E-state index contributed by atoms with van der Waals surface area (Å²) in [5.74, 6) is 1.56. The highest BCUT2D eigenvalue weighted by molar-refractivity contribution is 5.62. The monoisotopic (exact) mass is 255 g/mol. The van der Waals surface area contributed by atoms with Crippen LogP contribution < -0.4 is 5.32 Å². The third-order valence-corrected chi connectivity index (χ3v) is 2.92. The molecule has 2 rings (SSSR count). The Hall–Kier alpha value is -1.90. The molecule has 0 amide bonds. The molecule has 0 aliphatic carbocycles. The van der Waals surface area contributed by atoms with Gasteiger partial charge in [0.05, 0.1) is 5.69 Å². The number of rotatable bonds is 5. The molecule has 3 heteroatoms. The standard InChI is InChI=1S/C16H21N3/c1-4-17-16-10-15(18-11-19-16)14-7-5-13(6-8-14)9-12(2)3/h5-8,10-12H,4,9H2,1-3H3,(H,17,18,19). The zero-order chi connectivity index (χ0) is 13.7. The van der Waals surface area contributed by atoms with Crippen molar-refractivity contribution < 1.29 is 0 Å². The van der Waals surface area contributed by atoms with Gasteiger partial charge in [0.2, 0.25) is 0 Å². The maximum atomic E-state index is 4.33. The van der Waals surface area contributed by atoms with E-state index in [-0.39, 0.29) is 0 Å². The number of aromatic nitrogens is 2. The number of hydrogen-bond donors (Lipinski definition) is 1. The van der Waals surface area contributed by atoms with Crippen molar-refractivity contribution in [2.24, 2.45) is 5.92 Å². The molecule has 0 fully saturated rings. The van der Waals surface area contributed by atoms with Gasteiger partial charge in [0.1, 0.15) is 12.1 Å². The smallest absolute Gasteiger partial charge is 0.129 e. The van der Waals surface area contributed by atoms with Crippen molar-refractivity contribution in [3.05, 3.63) is 42.2 Å². The van der Waals surface area contributed by atoms with E-state index in [1.54, 1.807) is 6.33 Å². The Morgan fingerprint density at radius 3 is 2.47 bits per heavy atom. The van der Waals surface area contributed by atoms with Gasteiger partial charge in [-0.15, -0.1) is 0 Å². The molecule has 0 radical (unpaired) electrons. The highest BCUT2D eigenvalue weighted by atomic mass is 15.0. The van der Waals surface area contributed by atoms with Crippen molar-refractivity contribution >= 4 is 5.82 Å². The van der Waals surface area contributed by atoms with Crippen LogP contribution in [0.4, 0.5) is 5.82 Å². The Morgan fingerprint density at radius 2 is 1.84 bits per heavy atom. The topological polar surface area (TPSA) is 37.8 Å². The van der Waals surface area contributed by atoms with Crippen LogP contribution in [0.15, 0.2) is 36.7 Å². The van der Waals surface area contributed by atoms with Crippen LogP contribution in [0.25, 0.3) is 11.3 Å². The predicted octanol–water partition coefficient (Wildman–Crippen LogP) is 3.77. The molecule has 1 heterocycles. The van der Waals surface area contributed by atoms with E-state index in [2.05, 4.69) is 60.3 Å². The van der Waals surface area contributed by atoms with Crippen LogP contribution in [0, 0.1) is 5.92 Å². The first-order chi connectivity index (χ1) is 9.19. The molecule has 1 N–H and O–H groups in total. The fraction of sp³-hybridized carbons (Fsp3) is 0.375. The van der Waals surface area contributed by atoms with Crippen molar-refractivity contribution in [3.8, 4) is 11.3 Å². The summed E-state index contributed by atoms with van der Waals surface area (Å²) in [6, 6.07) is 10.6. The minimum Gasteiger partial charge on any atom is -0.370 e. The zero-order valence-electron chi connectivity index (χ0n) is 11.9. The fourth-order valence-electron chi connectivity index (χ4n) is 2.08. The molecule has 1 aromatic carbocycles. The summed E-state index contributed by atoms with van der Waals surface area (Å²) in [7, 11) is 0. The molecule has 0 saturated heterocycles. The lowest BCUT2D eigenvalue weighted by Crippen LogP contribution is -2.00. The summed E-state index contributed by atoms with van der Waals surface area (Å²) in [6.45, 7) is 7.40. The van der Waals surface area contributed by atoms with Crippen LogP contribution in [-0.2, 0) is 6.42 Å². The van der Waals surface area contributed by atoms with E-state index in [1.165, 1.54) is 5.56 Å². The molecule has 3 nitrogen and oxygen atoms in total. The normalized spacial score (nSPS) is 10.7. The number of nitrogens with one attached hydrogen (secondary N) is 1. The van der Waals surface area contributed by atoms with E-state index >= 15 is 0 Å². The molecule has 0 bridgehead atoms. The second-order valence-electron chi connectivity index (χ2n) is 5.11. The summed E-state index contributed by atoms with van der Waals surface area (Å²) in [5, 5.41) is 3.20. The fourth-order valence-corrected chi connectivity index (χ4v) is 2.08. The minimum absolute atomic E-state index is 0.685. The van der Waals surface area contributed by atoms with Crippen LogP contribution in [0.2, 0.25) is 0 Å². The largest absolute Gasteiger partial charge is 0.370 e. The Morgan fingerprint density at radius 1 is 1.11 bits per heavy atom. The first kappa shape index (κ1) is 13.5. The summed E-state index contributed by atoms with van der Waals surface area (Å²) < 4.78 is 0. The van der Waals surface area contributed by atoms with E-state index in [9.17, 15) is 0 Å². The Labute approximate surface area is 115 Å². The summed E-state index contributed by atoms with van der Waals surface area (Å²) in [6.07, 6.45) is 2.72. The van der Waals surface area contributed by atoms with Gasteiger partial charge in [0, 0.05) is 18.2 Å². The molecular formula is C16H21N3. The molecule has 100 valence electrons. The van der Waals surface area contributed by atoms with Crippen LogP contribution in [0.3, 0.4) is 0 Å². The van der Waals surface area contributed by atoms with E-state index < -0.39 is 0 Å². The zero-order valence-corrected chi connectivity index (χ0v) is 11.9. The summed E-state index contributed by atoms with van der Waals surface area (Å²) in [4.78, 5) is 8.52. The van der Waals surface area contributed by atoms with Gasteiger partial charge in [-0.2, -0.15) is 0 Å². The first-order valence-electron chi connectivity index (χ1n) is 6.84. The van der Waals surface area contributed by atoms with Crippen molar-refractivity contribution in [2.75, 3.05) is 11.9 Å². The van der Waals surface area contributed by atoms with E-state index in [1.807, 2.05) is 6.07 Å². The predicted molar refractivity (Wildman–Crippen MR) is 80.2 cm³/mol. The Kier molecular flexibility index (Phi) is 4.50. The van der Waals surface area contributed by atoms with Gasteiger partial charge in [-0.1, -0.05) is 38.1 Å². The van der Waals surface area contributed by atoms with Crippen molar-refractivity contribution in [3.63, 3.8) is 0 Å². The third-order valence-electron chi connectivity index (χ3n) is 2.92. The minimum atomic E-state index is 0.685. The highest BCUT2D eigenvalue weighted by Gasteiger charge is 2.03. The van der Waals surface area contributed by atoms with Gasteiger partial charge in [-0.05, 0) is 24.8 Å². The molecule has 0 saturated carbocycles. The molecule has 19 heavy (non-hydrogen) atoms. The van der Waals surface area contributed by atoms with Crippen molar-refractivity contribution in [1.82, 2.24) is 9.97 Å². The lowest BCUT2D eigenvalue weighted by atomic mass is 10.0. The van der Waals surface area contributed by atoms with Crippen molar-refractivity contribution in [1.29, 1.82) is 0 Å². The van der Waals surface area contributed by atoms with Crippen LogP contribution in [0.1, 0.15) is 26.3 Å². The van der Waals surface area contributed by atoms with E-state index in [0.717, 1.165) is 30.0 Å². The van der Waals surface area contributed by atoms with Gasteiger partial charge in [0.25, 0.3) is 0 Å². The molecule has 1 aromatic heterocycles. The molecule has 2 aromatic rings. The van der Waals surface area contributed by atoms with Gasteiger partial charge in [-0.25, -0.2) is 9.97 Å². The van der Waals surface area contributed by atoms with E-state index in [0.29, 0.717) is 5.92 Å².